The van der Waals surface area contributed by atoms with E-state index in [9.17, 15) is 13.2 Å². The van der Waals surface area contributed by atoms with Gasteiger partial charge >= 0.3 is 6.18 Å². The summed E-state index contributed by atoms with van der Waals surface area (Å²) >= 11 is 0. The Morgan fingerprint density at radius 3 is 2.56 bits per heavy atom. The van der Waals surface area contributed by atoms with Crippen LogP contribution in [-0.2, 0) is 0 Å². The van der Waals surface area contributed by atoms with Gasteiger partial charge in [0.2, 0.25) is 0 Å². The van der Waals surface area contributed by atoms with Crippen molar-refractivity contribution in [1.82, 2.24) is 4.98 Å². The third-order valence-corrected chi connectivity index (χ3v) is 1.75. The Balaban J connectivity index is 2.54. The zero-order valence-electron chi connectivity index (χ0n) is 8.12. The number of aromatic nitrogens is 1. The van der Waals surface area contributed by atoms with Crippen LogP contribution < -0.4 is 16.6 Å². The number of pyridine rings is 1. The lowest BCUT2D eigenvalue weighted by Gasteiger charge is -2.15. The Morgan fingerprint density at radius 1 is 1.38 bits per heavy atom. The van der Waals surface area contributed by atoms with Gasteiger partial charge in [0.25, 0.3) is 0 Å². The fraction of sp³-hybridized carbons (Fsp3) is 0.375. The summed E-state index contributed by atoms with van der Waals surface area (Å²) in [4.78, 5) is 3.82. The molecule has 5 N–H and O–H groups in total. The minimum absolute atomic E-state index is 0.193. The van der Waals surface area contributed by atoms with Crippen LogP contribution in [0, 0.1) is 0 Å². The van der Waals surface area contributed by atoms with E-state index in [4.69, 9.17) is 10.9 Å². The van der Waals surface area contributed by atoms with E-state index < -0.39 is 18.8 Å². The van der Waals surface area contributed by atoms with E-state index in [1.54, 1.807) is 12.1 Å². The monoisotopic (exact) mass is 236 g/mol. The molecule has 16 heavy (non-hydrogen) atoms. The maximum Gasteiger partial charge on any atom is 0.416 e. The van der Waals surface area contributed by atoms with Crippen LogP contribution in [0.4, 0.5) is 24.8 Å². The quantitative estimate of drug-likeness (QED) is 0.457. The topological polar surface area (TPSA) is 83.2 Å². The van der Waals surface area contributed by atoms with Crippen molar-refractivity contribution in [3.8, 4) is 0 Å². The molecule has 0 bridgehead atoms. The summed E-state index contributed by atoms with van der Waals surface area (Å²) < 4.78 is 35.9. The smallest absolute Gasteiger partial charge is 0.382 e. The summed E-state index contributed by atoms with van der Waals surface area (Å²) in [6.45, 7) is -0.662. The molecule has 8 heteroatoms. The van der Waals surface area contributed by atoms with Crippen molar-refractivity contribution < 1.29 is 18.3 Å². The lowest BCUT2D eigenvalue weighted by atomic mass is 10.3. The zero-order chi connectivity index (χ0) is 12.2. The van der Waals surface area contributed by atoms with Crippen LogP contribution in [0.15, 0.2) is 18.2 Å². The number of alkyl halides is 3. The molecular weight excluding hydrogens is 225 g/mol. The zero-order valence-corrected chi connectivity index (χ0v) is 8.12. The minimum Gasteiger partial charge on any atom is -0.382 e. The van der Waals surface area contributed by atoms with E-state index in [1.807, 2.05) is 0 Å². The van der Waals surface area contributed by atoms with Crippen LogP contribution in [0.3, 0.4) is 0 Å². The standard InChI is InChI=1S/C8H11F3N4O/c9-8(10,11)5(16)4-13-6-2-1-3-7(14-6)15-12/h1-3,5,16H,4,12H2,(H2,13,14,15). The Kier molecular flexibility index (Phi) is 3.91. The maximum absolute atomic E-state index is 12.0. The summed E-state index contributed by atoms with van der Waals surface area (Å²) in [6.07, 6.45) is -7.07. The van der Waals surface area contributed by atoms with E-state index in [2.05, 4.69) is 15.7 Å². The minimum atomic E-state index is -4.64. The van der Waals surface area contributed by atoms with Crippen LogP contribution >= 0.6 is 0 Å². The molecule has 90 valence electrons. The van der Waals surface area contributed by atoms with Gasteiger partial charge in [-0.3, -0.25) is 0 Å². The van der Waals surface area contributed by atoms with E-state index in [0.717, 1.165) is 0 Å². The molecule has 0 aliphatic heterocycles. The third kappa shape index (κ3) is 3.55. The number of aliphatic hydroxyl groups is 1. The van der Waals surface area contributed by atoms with Crippen molar-refractivity contribution >= 4 is 11.6 Å². The first-order valence-electron chi connectivity index (χ1n) is 4.36. The van der Waals surface area contributed by atoms with Crippen molar-refractivity contribution in [1.29, 1.82) is 0 Å². The molecule has 5 nitrogen and oxygen atoms in total. The fourth-order valence-corrected chi connectivity index (χ4v) is 0.931. The van der Waals surface area contributed by atoms with Gasteiger partial charge in [0.1, 0.15) is 11.6 Å². The number of nitrogen functional groups attached to an aromatic ring is 1. The largest absolute Gasteiger partial charge is 0.416 e. The van der Waals surface area contributed by atoms with Gasteiger partial charge in [0.15, 0.2) is 6.10 Å². The maximum atomic E-state index is 12.0. The van der Waals surface area contributed by atoms with Gasteiger partial charge in [-0.1, -0.05) is 6.07 Å². The number of hydrazine groups is 1. The van der Waals surface area contributed by atoms with Crippen molar-refractivity contribution in [2.45, 2.75) is 12.3 Å². The summed E-state index contributed by atoms with van der Waals surface area (Å²) in [5.41, 5.74) is 2.25. The van der Waals surface area contributed by atoms with Crippen molar-refractivity contribution in [3.63, 3.8) is 0 Å². The summed E-state index contributed by atoms with van der Waals surface area (Å²) in [6, 6.07) is 4.57. The number of hydrogen-bond acceptors (Lipinski definition) is 5. The second kappa shape index (κ2) is 4.99. The average Bonchev–Trinajstić information content (AvgIpc) is 2.25. The van der Waals surface area contributed by atoms with Gasteiger partial charge < -0.3 is 15.8 Å². The van der Waals surface area contributed by atoms with Crippen LogP contribution in [0.1, 0.15) is 0 Å². The number of anilines is 2. The van der Waals surface area contributed by atoms with E-state index in [1.165, 1.54) is 6.07 Å². The number of nitrogens with two attached hydrogens (primary N) is 1. The fourth-order valence-electron chi connectivity index (χ4n) is 0.931. The summed E-state index contributed by atoms with van der Waals surface area (Å²) in [7, 11) is 0. The van der Waals surface area contributed by atoms with E-state index in [0.29, 0.717) is 5.82 Å². The Morgan fingerprint density at radius 2 is 2.00 bits per heavy atom. The van der Waals surface area contributed by atoms with Gasteiger partial charge in [-0.2, -0.15) is 13.2 Å². The second-order valence-electron chi connectivity index (χ2n) is 2.99. The predicted octanol–water partition coefficient (Wildman–Crippen LogP) is 0.702. The predicted molar refractivity (Wildman–Crippen MR) is 52.6 cm³/mol. The molecule has 1 aromatic rings. The van der Waals surface area contributed by atoms with Crippen molar-refractivity contribution in [2.75, 3.05) is 17.3 Å². The highest BCUT2D eigenvalue weighted by molar-refractivity contribution is 5.44. The molecule has 1 rings (SSSR count). The lowest BCUT2D eigenvalue weighted by molar-refractivity contribution is -0.198. The van der Waals surface area contributed by atoms with Gasteiger partial charge in [-0.05, 0) is 12.1 Å². The van der Waals surface area contributed by atoms with Crippen LogP contribution in [-0.4, -0.2) is 28.9 Å². The van der Waals surface area contributed by atoms with Gasteiger partial charge in [-0.15, -0.1) is 0 Å². The molecule has 1 heterocycles. The van der Waals surface area contributed by atoms with Crippen LogP contribution in [0.5, 0.6) is 0 Å². The highest BCUT2D eigenvalue weighted by Gasteiger charge is 2.37. The second-order valence-corrected chi connectivity index (χ2v) is 2.99. The number of hydrogen-bond donors (Lipinski definition) is 4. The summed E-state index contributed by atoms with van der Waals surface area (Å²) in [5.74, 6) is 5.58. The van der Waals surface area contributed by atoms with Crippen LogP contribution in [0.2, 0.25) is 0 Å². The number of nitrogens with one attached hydrogen (secondary N) is 2. The molecule has 0 amide bonds. The molecule has 1 atom stereocenters. The Hall–Kier alpha value is -1.54. The lowest BCUT2D eigenvalue weighted by Crippen LogP contribution is -2.35. The molecule has 0 aliphatic rings. The molecular formula is C8H11F3N4O. The molecule has 0 aromatic carbocycles. The molecule has 1 aromatic heterocycles. The molecule has 0 fully saturated rings. The average molecular weight is 236 g/mol. The highest BCUT2D eigenvalue weighted by atomic mass is 19.4. The third-order valence-electron chi connectivity index (χ3n) is 1.75. The Bertz CT molecular complexity index is 344. The first-order valence-corrected chi connectivity index (χ1v) is 4.36. The van der Waals surface area contributed by atoms with E-state index in [-0.39, 0.29) is 5.82 Å². The molecule has 1 unspecified atom stereocenters. The normalized spacial score (nSPS) is 13.3. The number of halogens is 3. The molecule has 0 radical (unpaired) electrons. The number of rotatable bonds is 4. The summed E-state index contributed by atoms with van der Waals surface area (Å²) in [5, 5.41) is 11.1. The SMILES string of the molecule is NNc1cccc(NCC(O)C(F)(F)F)n1. The molecule has 0 spiro atoms. The van der Waals surface area contributed by atoms with E-state index >= 15 is 0 Å². The van der Waals surface area contributed by atoms with Gasteiger partial charge in [0, 0.05) is 0 Å². The van der Waals surface area contributed by atoms with Crippen molar-refractivity contribution in [2.24, 2.45) is 5.84 Å². The first-order chi connectivity index (χ1) is 7.43. The van der Waals surface area contributed by atoms with Crippen LogP contribution in [0.25, 0.3) is 0 Å². The Labute approximate surface area is 89.4 Å². The molecule has 0 saturated carbocycles. The molecule has 0 aliphatic carbocycles. The van der Waals surface area contributed by atoms with Crippen molar-refractivity contribution in [3.05, 3.63) is 18.2 Å². The first kappa shape index (κ1) is 12.5. The van der Waals surface area contributed by atoms with Gasteiger partial charge in [0.05, 0.1) is 6.54 Å². The molecule has 0 saturated heterocycles. The number of nitrogens with zero attached hydrogens (tertiary/aromatic N) is 1. The highest BCUT2D eigenvalue weighted by Crippen LogP contribution is 2.20. The van der Waals surface area contributed by atoms with Gasteiger partial charge in [-0.25, -0.2) is 10.8 Å². The number of aliphatic hydroxyl groups excluding tert-OH is 1.